The Kier molecular flexibility index (Phi) is 6.18. The molecule has 4 saturated carbocycles. The number of benzene rings is 1. The first-order valence-corrected chi connectivity index (χ1v) is 14.0. The Hall–Kier alpha value is -2.39. The van der Waals surface area contributed by atoms with Crippen molar-refractivity contribution in [3.8, 4) is 5.75 Å². The Morgan fingerprint density at radius 2 is 1.62 bits per heavy atom. The zero-order valence-electron chi connectivity index (χ0n) is 19.1. The number of ketones is 1. The van der Waals surface area contributed by atoms with E-state index < -0.39 is 16.0 Å². The highest BCUT2D eigenvalue weighted by atomic mass is 32.2. The molecule has 0 N–H and O–H groups in total. The molecule has 0 aliphatic heterocycles. The molecule has 4 fully saturated rings. The van der Waals surface area contributed by atoms with Gasteiger partial charge < -0.3 is 9.47 Å². The lowest BCUT2D eigenvalue weighted by molar-refractivity contribution is -0.158. The van der Waals surface area contributed by atoms with Crippen LogP contribution in [0.1, 0.15) is 38.5 Å². The Labute approximate surface area is 204 Å². The molecule has 34 heavy (non-hydrogen) atoms. The van der Waals surface area contributed by atoms with Gasteiger partial charge in [0.05, 0.1) is 5.69 Å². The van der Waals surface area contributed by atoms with Crippen molar-refractivity contribution in [2.45, 2.75) is 42.7 Å². The lowest BCUT2D eigenvalue weighted by atomic mass is 9.48. The summed E-state index contributed by atoms with van der Waals surface area (Å²) in [5.74, 6) is 1.89. The van der Waals surface area contributed by atoms with E-state index in [2.05, 4.69) is 0 Å². The lowest BCUT2D eigenvalue weighted by Gasteiger charge is -2.55. The van der Waals surface area contributed by atoms with Gasteiger partial charge in [0, 0.05) is 12.5 Å². The van der Waals surface area contributed by atoms with Crippen molar-refractivity contribution in [3.63, 3.8) is 0 Å². The predicted octanol–water partition coefficient (Wildman–Crippen LogP) is 4.28. The van der Waals surface area contributed by atoms with Crippen molar-refractivity contribution < 1.29 is 27.5 Å². The average Bonchev–Trinajstić information content (AvgIpc) is 3.36. The summed E-state index contributed by atoms with van der Waals surface area (Å²) in [5, 5.41) is 1.72. The van der Waals surface area contributed by atoms with Crippen molar-refractivity contribution in [1.82, 2.24) is 0 Å². The quantitative estimate of drug-likeness (QED) is 0.475. The molecule has 9 heteroatoms. The molecular formula is C25H29NO6S2. The van der Waals surface area contributed by atoms with Crippen molar-refractivity contribution in [1.29, 1.82) is 0 Å². The van der Waals surface area contributed by atoms with E-state index in [9.17, 15) is 18.0 Å². The summed E-state index contributed by atoms with van der Waals surface area (Å²) >= 11 is 1.16. The molecule has 4 aliphatic carbocycles. The smallest absolute Gasteiger partial charge is 0.344 e. The molecule has 7 nitrogen and oxygen atoms in total. The van der Waals surface area contributed by atoms with Crippen LogP contribution < -0.4 is 9.04 Å². The second-order valence-corrected chi connectivity index (χ2v) is 13.1. The number of ether oxygens (including phenoxy) is 2. The standard InChI is InChI=1S/C25H29NO6S2/c1-26(34(29,30)24-3-2-8-33-24)20-4-6-21(7-5-20)31-16-23(28)32-15-22(27)25-12-17-9-18(13-25)11-19(10-17)14-25/h2-8,17-19H,9-16H2,1H3. The van der Waals surface area contributed by atoms with E-state index in [1.807, 2.05) is 0 Å². The van der Waals surface area contributed by atoms with Gasteiger partial charge in [0.15, 0.2) is 19.0 Å². The molecule has 0 saturated heterocycles. The van der Waals surface area contributed by atoms with Gasteiger partial charge in [-0.2, -0.15) is 0 Å². The number of thiophene rings is 1. The molecule has 0 radical (unpaired) electrons. The van der Waals surface area contributed by atoms with Crippen LogP contribution in [0.4, 0.5) is 5.69 Å². The molecule has 1 aromatic heterocycles. The number of Topliss-reactive ketones (excluding diaryl/α,β-unsaturated/α-hetero) is 1. The lowest BCUT2D eigenvalue weighted by Crippen LogP contribution is -2.51. The molecule has 0 spiro atoms. The minimum atomic E-state index is -3.61. The summed E-state index contributed by atoms with van der Waals surface area (Å²) in [6.45, 7) is -0.491. The van der Waals surface area contributed by atoms with Gasteiger partial charge in [0.2, 0.25) is 0 Å². The van der Waals surface area contributed by atoms with E-state index in [0.29, 0.717) is 29.2 Å². The van der Waals surface area contributed by atoms with Crippen LogP contribution in [0.15, 0.2) is 46.0 Å². The van der Waals surface area contributed by atoms with Gasteiger partial charge in [-0.1, -0.05) is 6.07 Å². The minimum absolute atomic E-state index is 0.0688. The topological polar surface area (TPSA) is 90.0 Å². The van der Waals surface area contributed by atoms with Gasteiger partial charge in [0.1, 0.15) is 9.96 Å². The third-order valence-corrected chi connectivity index (χ3v) is 10.8. The highest BCUT2D eigenvalue weighted by molar-refractivity contribution is 7.94. The maximum Gasteiger partial charge on any atom is 0.344 e. The van der Waals surface area contributed by atoms with Gasteiger partial charge in [-0.3, -0.25) is 9.10 Å². The SMILES string of the molecule is CN(c1ccc(OCC(=O)OCC(=O)C23CC4CC(CC(C4)C2)C3)cc1)S(=O)(=O)c1cccs1. The average molecular weight is 504 g/mol. The van der Waals surface area contributed by atoms with Crippen LogP contribution in [0.3, 0.4) is 0 Å². The van der Waals surface area contributed by atoms with Crippen LogP contribution in [0.2, 0.25) is 0 Å². The van der Waals surface area contributed by atoms with E-state index in [1.54, 1.807) is 41.8 Å². The first-order chi connectivity index (χ1) is 16.2. The summed E-state index contributed by atoms with van der Waals surface area (Å²) in [6.07, 6.45) is 6.64. The molecule has 0 atom stereocenters. The van der Waals surface area contributed by atoms with Gasteiger partial charge in [0.25, 0.3) is 10.0 Å². The van der Waals surface area contributed by atoms with Crippen LogP contribution in [0, 0.1) is 23.2 Å². The Balaban J connectivity index is 1.11. The number of rotatable bonds is 9. The molecule has 182 valence electrons. The molecular weight excluding hydrogens is 474 g/mol. The fourth-order valence-electron chi connectivity index (χ4n) is 6.37. The summed E-state index contributed by atoms with van der Waals surface area (Å²) in [7, 11) is -2.13. The number of sulfonamides is 1. The van der Waals surface area contributed by atoms with E-state index in [1.165, 1.54) is 30.6 Å². The fourth-order valence-corrected chi connectivity index (χ4v) is 8.73. The number of nitrogens with zero attached hydrogens (tertiary/aromatic N) is 1. The number of hydrogen-bond acceptors (Lipinski definition) is 7. The molecule has 1 heterocycles. The second kappa shape index (κ2) is 9.00. The molecule has 0 amide bonds. The van der Waals surface area contributed by atoms with E-state index in [4.69, 9.17) is 9.47 Å². The number of hydrogen-bond donors (Lipinski definition) is 0. The maximum atomic E-state index is 13.0. The number of esters is 1. The second-order valence-electron chi connectivity index (χ2n) is 9.97. The van der Waals surface area contributed by atoms with Crippen molar-refractivity contribution in [3.05, 3.63) is 41.8 Å². The monoisotopic (exact) mass is 503 g/mol. The summed E-state index contributed by atoms with van der Waals surface area (Å²) in [5.41, 5.74) is 0.200. The Bertz CT molecular complexity index is 1120. The molecule has 0 unspecified atom stereocenters. The fraction of sp³-hybridized carbons (Fsp3) is 0.520. The highest BCUT2D eigenvalue weighted by Gasteiger charge is 2.54. The largest absolute Gasteiger partial charge is 0.482 e. The predicted molar refractivity (Wildman–Crippen MR) is 128 cm³/mol. The minimum Gasteiger partial charge on any atom is -0.482 e. The van der Waals surface area contributed by atoms with E-state index >= 15 is 0 Å². The number of anilines is 1. The third-order valence-electron chi connectivity index (χ3n) is 7.66. The number of carbonyl (C=O) groups excluding carboxylic acids is 2. The molecule has 1 aromatic carbocycles. The summed E-state index contributed by atoms with van der Waals surface area (Å²) < 4.78 is 37.5. The Morgan fingerprint density at radius 1 is 1.00 bits per heavy atom. The molecule has 2 aromatic rings. The van der Waals surface area contributed by atoms with Crippen molar-refractivity contribution in [2.24, 2.45) is 23.2 Å². The van der Waals surface area contributed by atoms with E-state index in [-0.39, 0.29) is 28.6 Å². The van der Waals surface area contributed by atoms with Gasteiger partial charge >= 0.3 is 5.97 Å². The molecule has 6 rings (SSSR count). The first kappa shape index (κ1) is 23.4. The van der Waals surface area contributed by atoms with E-state index in [0.717, 1.165) is 30.6 Å². The molecule has 4 aliphatic rings. The van der Waals surface area contributed by atoms with Crippen LogP contribution >= 0.6 is 11.3 Å². The Morgan fingerprint density at radius 3 is 2.18 bits per heavy atom. The van der Waals surface area contributed by atoms with Crippen molar-refractivity contribution >= 4 is 38.8 Å². The van der Waals surface area contributed by atoms with Crippen LogP contribution in [-0.4, -0.2) is 40.4 Å². The van der Waals surface area contributed by atoms with Crippen molar-refractivity contribution in [2.75, 3.05) is 24.6 Å². The summed E-state index contributed by atoms with van der Waals surface area (Å²) in [6, 6.07) is 9.68. The van der Waals surface area contributed by atoms with Crippen LogP contribution in [0.25, 0.3) is 0 Å². The first-order valence-electron chi connectivity index (χ1n) is 11.7. The van der Waals surface area contributed by atoms with Crippen LogP contribution in [0.5, 0.6) is 5.75 Å². The van der Waals surface area contributed by atoms with Gasteiger partial charge in [-0.05, 0) is 92.0 Å². The maximum absolute atomic E-state index is 13.0. The third kappa shape index (κ3) is 4.47. The van der Waals surface area contributed by atoms with Gasteiger partial charge in [-0.25, -0.2) is 13.2 Å². The van der Waals surface area contributed by atoms with Gasteiger partial charge in [-0.15, -0.1) is 11.3 Å². The summed E-state index contributed by atoms with van der Waals surface area (Å²) in [4.78, 5) is 25.2. The zero-order chi connectivity index (χ0) is 23.9. The highest BCUT2D eigenvalue weighted by Crippen LogP contribution is 2.60. The molecule has 4 bridgehead atoms. The van der Waals surface area contributed by atoms with Crippen LogP contribution in [-0.2, 0) is 24.3 Å². The zero-order valence-corrected chi connectivity index (χ0v) is 20.8. The normalized spacial score (nSPS) is 27.4. The number of carbonyl (C=O) groups is 2.